The molecule has 388 valence electrons. The van der Waals surface area contributed by atoms with Crippen LogP contribution in [0.5, 0.6) is 0 Å². The largest absolute Gasteiger partial charge is 0.481 e. The van der Waals surface area contributed by atoms with Crippen LogP contribution in [0.15, 0.2) is 0 Å². The fourth-order valence-corrected chi connectivity index (χ4v) is 7.58. The van der Waals surface area contributed by atoms with E-state index >= 15 is 0 Å². The highest BCUT2D eigenvalue weighted by Gasteiger charge is 2.37. The van der Waals surface area contributed by atoms with Crippen molar-refractivity contribution < 1.29 is 57.8 Å². The van der Waals surface area contributed by atoms with E-state index in [4.69, 9.17) is 11.5 Å². The van der Waals surface area contributed by atoms with Crippen molar-refractivity contribution in [2.24, 2.45) is 41.1 Å². The molecule has 0 unspecified atom stereocenters. The van der Waals surface area contributed by atoms with Gasteiger partial charge in [0.25, 0.3) is 0 Å². The van der Waals surface area contributed by atoms with E-state index in [1.54, 1.807) is 62.3 Å². The summed E-state index contributed by atoms with van der Waals surface area (Å²) in [5.41, 5.74) is 10.8. The predicted molar refractivity (Wildman–Crippen MR) is 257 cm³/mol. The molecule has 0 bridgehead atoms. The topological polar surface area (TPSA) is 356 Å². The number of carboxylic acid groups (broad SMARTS) is 1. The molecule has 0 saturated heterocycles. The molecule has 13 N–H and O–H groups in total. The van der Waals surface area contributed by atoms with Crippen LogP contribution in [0.25, 0.3) is 0 Å². The van der Waals surface area contributed by atoms with Gasteiger partial charge in [-0.3, -0.25) is 52.7 Å². The number of nitrogens with one attached hydrogen (secondary N) is 8. The van der Waals surface area contributed by atoms with Gasteiger partial charge >= 0.3 is 5.97 Å². The molecule has 0 saturated carbocycles. The van der Waals surface area contributed by atoms with Crippen molar-refractivity contribution in [1.29, 1.82) is 0 Å². The first-order chi connectivity index (χ1) is 31.6. The maximum atomic E-state index is 14.0. The van der Waals surface area contributed by atoms with Crippen molar-refractivity contribution >= 4 is 76.0 Å². The fraction of sp³-hybridized carbons (Fsp3) is 0.756. The Balaban J connectivity index is 6.48. The minimum atomic E-state index is -1.73. The second-order valence-electron chi connectivity index (χ2n) is 18.6. The number of nitrogens with two attached hydrogens (primary N) is 2. The van der Waals surface area contributed by atoms with E-state index < -0.39 is 108 Å². The molecule has 0 aromatic rings. The summed E-state index contributed by atoms with van der Waals surface area (Å²) in [6.07, 6.45) is -0.621. The molecule has 0 rings (SSSR count). The molecule has 0 heterocycles. The van der Waals surface area contributed by atoms with Gasteiger partial charge in [-0.1, -0.05) is 87.4 Å². The standard InChI is InChI=1S/C45H80N10O12S/c1-12-27(10)38(45(67)68-18-17-48-28(11)56)55-43(65)32(21-25(6)7)52-41(63)33(22-36(59)60)53-44(66)37(26(8)9)54-42(64)31(20-24(4)5)51-40(62)30(19-23(2)3)50-39(61)29(13-14-34(47)57)49-35(58)15-16-46/h23-27,29-33,37-38H,12-22,46H2,1-11H3,(H2,47,57)(H,48,56)(H,49,58)(H,50,61)(H,51,62)(H,52,63)(H,53,66)(H,54,64)(H,55,65)(H,59,60)/t27-,29-,30-,31+,32+,33-,37-,38-/m0/s1. The van der Waals surface area contributed by atoms with Gasteiger partial charge in [0.2, 0.25) is 58.3 Å². The van der Waals surface area contributed by atoms with E-state index in [0.717, 1.165) is 11.8 Å². The number of carboxylic acids is 1. The van der Waals surface area contributed by atoms with Gasteiger partial charge < -0.3 is 59.1 Å². The highest BCUT2D eigenvalue weighted by atomic mass is 32.2. The quantitative estimate of drug-likeness (QED) is 0.0377. The molecule has 0 aliphatic carbocycles. The zero-order valence-corrected chi connectivity index (χ0v) is 42.5. The van der Waals surface area contributed by atoms with Crippen LogP contribution >= 0.6 is 11.8 Å². The van der Waals surface area contributed by atoms with Crippen molar-refractivity contribution in [3.63, 3.8) is 0 Å². The Hall–Kier alpha value is -5.32. The Morgan fingerprint density at radius 2 is 0.985 bits per heavy atom. The lowest BCUT2D eigenvalue weighted by molar-refractivity contribution is -0.142. The van der Waals surface area contributed by atoms with Crippen LogP contribution in [-0.4, -0.2) is 130 Å². The highest BCUT2D eigenvalue weighted by molar-refractivity contribution is 8.13. The molecule has 8 atom stereocenters. The zero-order valence-electron chi connectivity index (χ0n) is 41.7. The molecule has 0 aliphatic heterocycles. The fourth-order valence-electron chi connectivity index (χ4n) is 6.70. The Kier molecular flexibility index (Phi) is 29.9. The van der Waals surface area contributed by atoms with Gasteiger partial charge in [-0.05, 0) is 55.3 Å². The number of amides is 9. The van der Waals surface area contributed by atoms with Crippen LogP contribution in [0.2, 0.25) is 0 Å². The van der Waals surface area contributed by atoms with Crippen molar-refractivity contribution in [2.75, 3.05) is 18.8 Å². The number of hydrogen-bond acceptors (Lipinski definition) is 13. The van der Waals surface area contributed by atoms with Crippen LogP contribution in [0.3, 0.4) is 0 Å². The SMILES string of the molecule is CC[C@H](C)[C@H](NC(=O)[C@@H](CC(C)C)NC(=O)[C@H](CC(=O)O)NC(=O)[C@@H](NC(=O)[C@@H](CC(C)C)NC(=O)[C@H](CC(C)C)NC(=O)[C@H](CCC(N)=O)NC(=O)CCN)C(C)C)C(=O)SCCNC(C)=O. The minimum Gasteiger partial charge on any atom is -0.481 e. The number of hydrogen-bond donors (Lipinski definition) is 11. The lowest BCUT2D eigenvalue weighted by Gasteiger charge is -2.30. The predicted octanol–water partition coefficient (Wildman–Crippen LogP) is -0.295. The molecule has 0 aliphatic rings. The summed E-state index contributed by atoms with van der Waals surface area (Å²) in [4.78, 5) is 143. The minimum absolute atomic E-state index is 0.000650. The van der Waals surface area contributed by atoms with E-state index in [9.17, 15) is 57.8 Å². The van der Waals surface area contributed by atoms with E-state index in [1.807, 2.05) is 6.92 Å². The monoisotopic (exact) mass is 985 g/mol. The van der Waals surface area contributed by atoms with Crippen LogP contribution in [0.4, 0.5) is 0 Å². The van der Waals surface area contributed by atoms with Crippen LogP contribution in [0.1, 0.15) is 128 Å². The van der Waals surface area contributed by atoms with Gasteiger partial charge in [0.1, 0.15) is 42.3 Å². The molecule has 22 nitrogen and oxygen atoms in total. The van der Waals surface area contributed by atoms with Crippen molar-refractivity contribution in [3.8, 4) is 0 Å². The maximum Gasteiger partial charge on any atom is 0.305 e. The summed E-state index contributed by atoms with van der Waals surface area (Å²) in [6, 6.07) is -9.00. The molecule has 68 heavy (non-hydrogen) atoms. The average molecular weight is 985 g/mol. The second-order valence-corrected chi connectivity index (χ2v) is 19.7. The maximum absolute atomic E-state index is 14.0. The summed E-state index contributed by atoms with van der Waals surface area (Å²) in [5.74, 6) is -9.15. The molecule has 0 spiro atoms. The summed E-state index contributed by atoms with van der Waals surface area (Å²) in [7, 11) is 0. The number of carbonyl (C=O) groups is 11. The third-order valence-electron chi connectivity index (χ3n) is 10.5. The van der Waals surface area contributed by atoms with Crippen molar-refractivity contribution in [1.82, 2.24) is 42.5 Å². The molecular weight excluding hydrogens is 905 g/mol. The molecule has 9 amide bonds. The summed E-state index contributed by atoms with van der Waals surface area (Å²) < 4.78 is 0. The van der Waals surface area contributed by atoms with Gasteiger partial charge in [0.05, 0.1) is 6.42 Å². The van der Waals surface area contributed by atoms with Crippen molar-refractivity contribution in [3.05, 3.63) is 0 Å². The van der Waals surface area contributed by atoms with E-state index in [-0.39, 0.29) is 92.1 Å². The Morgan fingerprint density at radius 3 is 1.38 bits per heavy atom. The second kappa shape index (κ2) is 32.4. The third-order valence-corrected chi connectivity index (χ3v) is 11.4. The molecule has 0 radical (unpaired) electrons. The lowest BCUT2D eigenvalue weighted by Crippen LogP contribution is -2.61. The Labute approximate surface area is 405 Å². The van der Waals surface area contributed by atoms with Crippen LogP contribution < -0.4 is 54.0 Å². The average Bonchev–Trinajstić information content (AvgIpc) is 3.22. The number of aliphatic carboxylic acids is 1. The summed E-state index contributed by atoms with van der Waals surface area (Å²) in [5, 5.41) is 30.2. The zero-order chi connectivity index (χ0) is 52.4. The lowest BCUT2D eigenvalue weighted by atomic mass is 9.97. The first kappa shape index (κ1) is 62.7. The number of thioether (sulfide) groups is 1. The third kappa shape index (κ3) is 25.7. The molecule has 0 aromatic carbocycles. The smallest absolute Gasteiger partial charge is 0.305 e. The Bertz CT molecular complexity index is 1730. The van der Waals surface area contributed by atoms with Gasteiger partial charge in [0, 0.05) is 38.6 Å². The number of rotatable bonds is 33. The summed E-state index contributed by atoms with van der Waals surface area (Å²) >= 11 is 0.937. The van der Waals surface area contributed by atoms with Crippen molar-refractivity contribution in [2.45, 2.75) is 170 Å². The molecule has 23 heteroatoms. The number of primary amides is 1. The number of carbonyl (C=O) groups excluding carboxylic acids is 10. The van der Waals surface area contributed by atoms with Crippen LogP contribution in [0, 0.1) is 29.6 Å². The van der Waals surface area contributed by atoms with E-state index in [0.29, 0.717) is 6.42 Å². The highest BCUT2D eigenvalue weighted by Crippen LogP contribution is 2.18. The van der Waals surface area contributed by atoms with Gasteiger partial charge in [-0.25, -0.2) is 0 Å². The molecule has 0 fully saturated rings. The van der Waals surface area contributed by atoms with E-state index in [1.165, 1.54) is 6.92 Å². The first-order valence-corrected chi connectivity index (χ1v) is 24.3. The van der Waals surface area contributed by atoms with Gasteiger partial charge in [-0.2, -0.15) is 0 Å². The molecule has 0 aromatic heterocycles. The summed E-state index contributed by atoms with van der Waals surface area (Å²) in [6.45, 7) is 19.2. The molecular formula is C45H80N10O12S. The first-order valence-electron chi connectivity index (χ1n) is 23.4. The normalized spacial score (nSPS) is 14.8. The van der Waals surface area contributed by atoms with Gasteiger partial charge in [-0.15, -0.1) is 0 Å². The Morgan fingerprint density at radius 1 is 0.559 bits per heavy atom. The van der Waals surface area contributed by atoms with E-state index in [2.05, 4.69) is 42.5 Å². The van der Waals surface area contributed by atoms with Crippen LogP contribution in [-0.2, 0) is 52.7 Å². The van der Waals surface area contributed by atoms with Gasteiger partial charge in [0.15, 0.2) is 0 Å².